The van der Waals surface area contributed by atoms with Gasteiger partial charge in [0.25, 0.3) is 0 Å². The van der Waals surface area contributed by atoms with E-state index in [0.29, 0.717) is 0 Å². The van der Waals surface area contributed by atoms with Crippen LogP contribution in [0.5, 0.6) is 0 Å². The van der Waals surface area contributed by atoms with Gasteiger partial charge in [-0.05, 0) is 18.6 Å². The molecule has 0 aliphatic carbocycles. The third kappa shape index (κ3) is 0.760. The predicted octanol–water partition coefficient (Wildman–Crippen LogP) is 1.95. The molecule has 1 heteroatoms. The first-order valence-electron chi connectivity index (χ1n) is 2.80. The molecule has 0 spiro atoms. The molecule has 0 saturated carbocycles. The van der Waals surface area contributed by atoms with E-state index in [9.17, 15) is 0 Å². The molecule has 0 N–H and O–H groups in total. The van der Waals surface area contributed by atoms with Crippen molar-refractivity contribution in [2.75, 3.05) is 0 Å². The van der Waals surface area contributed by atoms with Crippen molar-refractivity contribution in [1.29, 1.82) is 0 Å². The number of aryl methyl sites for hydroxylation is 2. The minimum absolute atomic E-state index is 0.968. The average Bonchev–Trinajstić information content (AvgIpc) is 2.14. The minimum Gasteiger partial charge on any atom is -0.458 e. The Hall–Kier alpha value is -0.720. The second-order valence-electron chi connectivity index (χ2n) is 1.82. The molecule has 1 nitrogen and oxygen atoms in total. The topological polar surface area (TPSA) is 13.1 Å². The standard InChI is InChI=1S/C7H9O/c1-3-7-6(2)4-5-8-7/h4H,3H2,1-2H3. The van der Waals surface area contributed by atoms with Crippen molar-refractivity contribution < 1.29 is 4.42 Å². The summed E-state index contributed by atoms with van der Waals surface area (Å²) in [6, 6.07) is 1.86. The summed E-state index contributed by atoms with van der Waals surface area (Å²) in [6.45, 7) is 4.10. The van der Waals surface area contributed by atoms with E-state index in [1.165, 1.54) is 5.56 Å². The smallest absolute Gasteiger partial charge is 0.169 e. The Morgan fingerprint density at radius 2 is 2.50 bits per heavy atom. The highest BCUT2D eigenvalue weighted by Crippen LogP contribution is 2.07. The molecule has 1 aromatic rings. The molecule has 1 aromatic heterocycles. The van der Waals surface area contributed by atoms with Gasteiger partial charge in [0.1, 0.15) is 5.76 Å². The van der Waals surface area contributed by atoms with Gasteiger partial charge in [0.15, 0.2) is 6.26 Å². The van der Waals surface area contributed by atoms with Gasteiger partial charge in [0, 0.05) is 6.42 Å². The maximum Gasteiger partial charge on any atom is 0.169 e. The number of hydrogen-bond acceptors (Lipinski definition) is 1. The van der Waals surface area contributed by atoms with Crippen LogP contribution in [0.4, 0.5) is 0 Å². The summed E-state index contributed by atoms with van der Waals surface area (Å²) in [6.07, 6.45) is 3.64. The zero-order chi connectivity index (χ0) is 5.98. The van der Waals surface area contributed by atoms with Crippen LogP contribution in [0.15, 0.2) is 10.5 Å². The lowest BCUT2D eigenvalue weighted by Gasteiger charge is -1.86. The quantitative estimate of drug-likeness (QED) is 0.537. The highest BCUT2D eigenvalue weighted by atomic mass is 16.3. The van der Waals surface area contributed by atoms with Crippen LogP contribution >= 0.6 is 0 Å². The van der Waals surface area contributed by atoms with Crippen LogP contribution in [-0.2, 0) is 6.42 Å². The molecule has 1 rings (SSSR count). The van der Waals surface area contributed by atoms with Crippen LogP contribution in [0.2, 0.25) is 0 Å². The van der Waals surface area contributed by atoms with Crippen LogP contribution < -0.4 is 0 Å². The monoisotopic (exact) mass is 109 g/mol. The van der Waals surface area contributed by atoms with Crippen molar-refractivity contribution in [1.82, 2.24) is 0 Å². The molecule has 0 saturated heterocycles. The van der Waals surface area contributed by atoms with Crippen molar-refractivity contribution >= 4 is 0 Å². The molecule has 0 amide bonds. The van der Waals surface area contributed by atoms with Gasteiger partial charge >= 0.3 is 0 Å². The van der Waals surface area contributed by atoms with Crippen LogP contribution in [0.1, 0.15) is 18.2 Å². The molecule has 0 unspecified atom stereocenters. The predicted molar refractivity (Wildman–Crippen MR) is 31.7 cm³/mol. The summed E-state index contributed by atoms with van der Waals surface area (Å²) < 4.78 is 4.99. The third-order valence-corrected chi connectivity index (χ3v) is 1.22. The molecular formula is C7H9O. The molecule has 43 valence electrons. The molecule has 8 heavy (non-hydrogen) atoms. The SMILES string of the molecule is CCc1o[c]cc1C. The first-order chi connectivity index (χ1) is 3.84. The summed E-state index contributed by atoms with van der Waals surface area (Å²) >= 11 is 0. The Kier molecular flexibility index (Phi) is 1.38. The molecule has 0 fully saturated rings. The normalized spacial score (nSPS) is 9.75. The van der Waals surface area contributed by atoms with Crippen molar-refractivity contribution in [3.63, 3.8) is 0 Å². The Balaban J connectivity index is 2.92. The van der Waals surface area contributed by atoms with Gasteiger partial charge in [-0.15, -0.1) is 0 Å². The Labute approximate surface area is 49.3 Å². The lowest BCUT2D eigenvalue weighted by Crippen LogP contribution is -1.75. The van der Waals surface area contributed by atoms with E-state index in [1.807, 2.05) is 13.0 Å². The van der Waals surface area contributed by atoms with Gasteiger partial charge in [-0.3, -0.25) is 0 Å². The maximum atomic E-state index is 4.99. The Morgan fingerprint density at radius 1 is 1.75 bits per heavy atom. The van der Waals surface area contributed by atoms with Gasteiger partial charge in [-0.1, -0.05) is 6.92 Å². The fraction of sp³-hybridized carbons (Fsp3) is 0.429. The molecule has 0 aliphatic rings. The number of furan rings is 1. The second-order valence-corrected chi connectivity index (χ2v) is 1.82. The van der Waals surface area contributed by atoms with Crippen molar-refractivity contribution in [2.24, 2.45) is 0 Å². The van der Waals surface area contributed by atoms with Crippen LogP contribution in [0.3, 0.4) is 0 Å². The third-order valence-electron chi connectivity index (χ3n) is 1.22. The minimum atomic E-state index is 0.968. The lowest BCUT2D eigenvalue weighted by atomic mass is 10.2. The van der Waals surface area contributed by atoms with Gasteiger partial charge in [-0.25, -0.2) is 0 Å². The summed E-state index contributed by atoms with van der Waals surface area (Å²) in [7, 11) is 0. The van der Waals surface area contributed by atoms with Gasteiger partial charge < -0.3 is 4.42 Å². The number of hydrogen-bond donors (Lipinski definition) is 0. The molecule has 0 aliphatic heterocycles. The largest absolute Gasteiger partial charge is 0.458 e. The lowest BCUT2D eigenvalue weighted by molar-refractivity contribution is 0.506. The van der Waals surface area contributed by atoms with E-state index in [1.54, 1.807) is 0 Å². The first kappa shape index (κ1) is 5.42. The fourth-order valence-electron chi connectivity index (χ4n) is 0.701. The van der Waals surface area contributed by atoms with Gasteiger partial charge in [0.2, 0.25) is 0 Å². The van der Waals surface area contributed by atoms with Crippen molar-refractivity contribution in [2.45, 2.75) is 20.3 Å². The summed E-state index contributed by atoms with van der Waals surface area (Å²) in [5.41, 5.74) is 1.20. The van der Waals surface area contributed by atoms with E-state index in [4.69, 9.17) is 4.42 Å². The van der Waals surface area contributed by atoms with Crippen molar-refractivity contribution in [3.8, 4) is 0 Å². The Bertz CT molecular complexity index is 165. The molecule has 0 atom stereocenters. The molecule has 0 bridgehead atoms. The van der Waals surface area contributed by atoms with Crippen LogP contribution in [-0.4, -0.2) is 0 Å². The second kappa shape index (κ2) is 2.03. The average molecular weight is 109 g/mol. The van der Waals surface area contributed by atoms with Crippen LogP contribution in [0, 0.1) is 13.2 Å². The highest BCUT2D eigenvalue weighted by molar-refractivity contribution is 5.13. The molecule has 1 heterocycles. The van der Waals surface area contributed by atoms with E-state index in [2.05, 4.69) is 13.2 Å². The number of rotatable bonds is 1. The summed E-state index contributed by atoms with van der Waals surface area (Å²) in [5, 5.41) is 0. The summed E-state index contributed by atoms with van der Waals surface area (Å²) in [4.78, 5) is 0. The van der Waals surface area contributed by atoms with E-state index < -0.39 is 0 Å². The molecule has 1 radical (unpaired) electrons. The van der Waals surface area contributed by atoms with Gasteiger partial charge in [-0.2, -0.15) is 0 Å². The Morgan fingerprint density at radius 3 is 2.75 bits per heavy atom. The zero-order valence-electron chi connectivity index (χ0n) is 5.19. The van der Waals surface area contributed by atoms with E-state index in [-0.39, 0.29) is 0 Å². The van der Waals surface area contributed by atoms with E-state index >= 15 is 0 Å². The molecule has 0 aromatic carbocycles. The maximum absolute atomic E-state index is 4.99. The van der Waals surface area contributed by atoms with Crippen LogP contribution in [0.25, 0.3) is 0 Å². The van der Waals surface area contributed by atoms with Gasteiger partial charge in [0.05, 0.1) is 0 Å². The fourth-order valence-corrected chi connectivity index (χ4v) is 0.701. The zero-order valence-corrected chi connectivity index (χ0v) is 5.19. The first-order valence-corrected chi connectivity index (χ1v) is 2.80. The summed E-state index contributed by atoms with van der Waals surface area (Å²) in [5.74, 6) is 1.05. The van der Waals surface area contributed by atoms with Crippen molar-refractivity contribution in [3.05, 3.63) is 23.7 Å². The molecular weight excluding hydrogens is 100 g/mol. The van der Waals surface area contributed by atoms with E-state index in [0.717, 1.165) is 12.2 Å². The highest BCUT2D eigenvalue weighted by Gasteiger charge is 1.95.